The van der Waals surface area contributed by atoms with Crippen LogP contribution in [0.3, 0.4) is 0 Å². The molecular weight excluding hydrogens is 312 g/mol. The minimum atomic E-state index is -0.466. The van der Waals surface area contributed by atoms with Crippen molar-refractivity contribution in [2.75, 3.05) is 5.75 Å². The number of aromatic nitrogens is 2. The molecule has 0 aliphatic carbocycles. The number of thioether (sulfide) groups is 1. The fourth-order valence-corrected chi connectivity index (χ4v) is 3.59. The van der Waals surface area contributed by atoms with Gasteiger partial charge in [0.15, 0.2) is 0 Å². The van der Waals surface area contributed by atoms with Crippen molar-refractivity contribution in [1.29, 1.82) is 0 Å². The highest BCUT2D eigenvalue weighted by Crippen LogP contribution is 2.25. The van der Waals surface area contributed by atoms with Crippen LogP contribution in [0, 0.1) is 0 Å². The smallest absolute Gasteiger partial charge is 0.279 e. The van der Waals surface area contributed by atoms with E-state index in [1.807, 2.05) is 31.2 Å². The largest absolute Gasteiger partial charge is 0.345 e. The van der Waals surface area contributed by atoms with Crippen LogP contribution in [0.2, 0.25) is 0 Å². The lowest BCUT2D eigenvalue weighted by Gasteiger charge is -2.20. The van der Waals surface area contributed by atoms with Crippen LogP contribution in [0.5, 0.6) is 0 Å². The summed E-state index contributed by atoms with van der Waals surface area (Å²) in [7, 11) is 0. The molecule has 122 valence electrons. The third-order valence-corrected chi connectivity index (χ3v) is 4.76. The second-order valence-corrected chi connectivity index (χ2v) is 6.94. The fourth-order valence-electron chi connectivity index (χ4n) is 2.82. The van der Waals surface area contributed by atoms with Crippen LogP contribution in [0.4, 0.5) is 4.79 Å². The number of para-hydroxylation sites is 2. The SMILES string of the molecule is CC(C)n1c([C@H](C)NC(=O)[C@@H]2CSC(=O)N2)nc2ccccc21. The van der Waals surface area contributed by atoms with Crippen molar-refractivity contribution in [1.82, 2.24) is 20.2 Å². The van der Waals surface area contributed by atoms with E-state index in [4.69, 9.17) is 0 Å². The quantitative estimate of drug-likeness (QED) is 0.902. The van der Waals surface area contributed by atoms with Crippen molar-refractivity contribution in [3.63, 3.8) is 0 Å². The van der Waals surface area contributed by atoms with Crippen LogP contribution in [0.1, 0.15) is 38.7 Å². The van der Waals surface area contributed by atoms with Gasteiger partial charge in [0.1, 0.15) is 11.9 Å². The third kappa shape index (κ3) is 3.06. The summed E-state index contributed by atoms with van der Waals surface area (Å²) in [5.74, 6) is 1.13. The van der Waals surface area contributed by atoms with Crippen LogP contribution >= 0.6 is 11.8 Å². The highest BCUT2D eigenvalue weighted by Gasteiger charge is 2.30. The molecule has 0 saturated carbocycles. The number of hydrogen-bond acceptors (Lipinski definition) is 4. The van der Waals surface area contributed by atoms with E-state index < -0.39 is 6.04 Å². The van der Waals surface area contributed by atoms with Gasteiger partial charge in [-0.1, -0.05) is 23.9 Å². The van der Waals surface area contributed by atoms with Gasteiger partial charge in [0, 0.05) is 11.8 Å². The summed E-state index contributed by atoms with van der Waals surface area (Å²) in [4.78, 5) is 28.2. The molecule has 1 fully saturated rings. The number of nitrogens with zero attached hydrogens (tertiary/aromatic N) is 2. The van der Waals surface area contributed by atoms with Gasteiger partial charge in [-0.2, -0.15) is 0 Å². The standard InChI is InChI=1S/C16H20N4O2S/c1-9(2)20-13-7-5-4-6-11(13)18-14(20)10(3)17-15(21)12-8-23-16(22)19-12/h4-7,9-10,12H,8H2,1-3H3,(H,17,21)(H,19,22)/t10-,12-/m0/s1. The molecule has 7 heteroatoms. The highest BCUT2D eigenvalue weighted by molar-refractivity contribution is 8.14. The molecule has 2 atom stereocenters. The van der Waals surface area contributed by atoms with Gasteiger partial charge in [-0.05, 0) is 32.9 Å². The molecule has 2 aromatic rings. The lowest BCUT2D eigenvalue weighted by Crippen LogP contribution is -2.44. The zero-order valence-corrected chi connectivity index (χ0v) is 14.2. The van der Waals surface area contributed by atoms with E-state index in [0.29, 0.717) is 5.75 Å². The molecule has 3 rings (SSSR count). The topological polar surface area (TPSA) is 76.0 Å². The van der Waals surface area contributed by atoms with E-state index >= 15 is 0 Å². The number of carbonyl (C=O) groups excluding carboxylic acids is 2. The number of imidazole rings is 1. The molecule has 1 aromatic heterocycles. The summed E-state index contributed by atoms with van der Waals surface area (Å²) >= 11 is 1.14. The molecule has 1 saturated heterocycles. The Bertz CT molecular complexity index is 756. The van der Waals surface area contributed by atoms with Gasteiger partial charge in [-0.15, -0.1) is 0 Å². The lowest BCUT2D eigenvalue weighted by molar-refractivity contribution is -0.123. The average Bonchev–Trinajstić information content (AvgIpc) is 3.10. The molecule has 6 nitrogen and oxygen atoms in total. The van der Waals surface area contributed by atoms with Gasteiger partial charge in [-0.25, -0.2) is 4.98 Å². The molecule has 0 radical (unpaired) electrons. The van der Waals surface area contributed by atoms with E-state index in [1.165, 1.54) is 0 Å². The minimum absolute atomic E-state index is 0.146. The molecule has 0 unspecified atom stereocenters. The maximum Gasteiger partial charge on any atom is 0.279 e. The second-order valence-electron chi connectivity index (χ2n) is 5.95. The molecule has 0 spiro atoms. The van der Waals surface area contributed by atoms with E-state index in [0.717, 1.165) is 28.6 Å². The van der Waals surface area contributed by atoms with E-state index in [1.54, 1.807) is 0 Å². The summed E-state index contributed by atoms with van der Waals surface area (Å²) in [6.45, 7) is 6.11. The van der Waals surface area contributed by atoms with Crippen LogP contribution in [0.15, 0.2) is 24.3 Å². The maximum atomic E-state index is 12.3. The zero-order chi connectivity index (χ0) is 16.6. The number of carbonyl (C=O) groups is 2. The predicted molar refractivity (Wildman–Crippen MR) is 91.5 cm³/mol. The van der Waals surface area contributed by atoms with Crippen molar-refractivity contribution in [3.8, 4) is 0 Å². The van der Waals surface area contributed by atoms with Crippen molar-refractivity contribution in [3.05, 3.63) is 30.1 Å². The van der Waals surface area contributed by atoms with Gasteiger partial charge >= 0.3 is 0 Å². The fraction of sp³-hybridized carbons (Fsp3) is 0.438. The Morgan fingerprint density at radius 1 is 1.39 bits per heavy atom. The zero-order valence-electron chi connectivity index (χ0n) is 13.4. The first kappa shape index (κ1) is 15.9. The average molecular weight is 332 g/mol. The number of hydrogen-bond donors (Lipinski definition) is 2. The number of benzene rings is 1. The van der Waals surface area contributed by atoms with Crippen molar-refractivity contribution >= 4 is 33.9 Å². The Balaban J connectivity index is 1.85. The van der Waals surface area contributed by atoms with Gasteiger partial charge in [0.25, 0.3) is 5.24 Å². The highest BCUT2D eigenvalue weighted by atomic mass is 32.2. The Kier molecular flexibility index (Phi) is 4.30. The summed E-state index contributed by atoms with van der Waals surface area (Å²) in [5.41, 5.74) is 1.98. The molecule has 2 N–H and O–H groups in total. The van der Waals surface area contributed by atoms with Crippen LogP contribution in [-0.4, -0.2) is 32.5 Å². The molecule has 1 aromatic carbocycles. The van der Waals surface area contributed by atoms with Crippen LogP contribution in [0.25, 0.3) is 11.0 Å². The number of nitrogens with one attached hydrogen (secondary N) is 2. The molecule has 2 amide bonds. The molecule has 1 aliphatic rings. The van der Waals surface area contributed by atoms with Gasteiger partial charge < -0.3 is 15.2 Å². The first-order valence-electron chi connectivity index (χ1n) is 7.68. The first-order valence-corrected chi connectivity index (χ1v) is 8.66. The normalized spacial score (nSPS) is 19.1. The number of fused-ring (bicyclic) bond motifs is 1. The Labute approximate surface area is 139 Å². The van der Waals surface area contributed by atoms with Crippen LogP contribution in [-0.2, 0) is 4.79 Å². The van der Waals surface area contributed by atoms with Gasteiger partial charge in [0.05, 0.1) is 17.1 Å². The minimum Gasteiger partial charge on any atom is -0.345 e. The predicted octanol–water partition coefficient (Wildman–Crippen LogP) is 2.62. The Hall–Kier alpha value is -2.02. The molecule has 0 bridgehead atoms. The van der Waals surface area contributed by atoms with Crippen LogP contribution < -0.4 is 10.6 Å². The lowest BCUT2D eigenvalue weighted by atomic mass is 10.2. The summed E-state index contributed by atoms with van der Waals surface area (Å²) in [6, 6.07) is 7.48. The molecule has 2 heterocycles. The molecule has 23 heavy (non-hydrogen) atoms. The first-order chi connectivity index (χ1) is 11.0. The Morgan fingerprint density at radius 2 is 2.13 bits per heavy atom. The van der Waals surface area contributed by atoms with Crippen molar-refractivity contribution in [2.45, 2.75) is 38.9 Å². The van der Waals surface area contributed by atoms with Gasteiger partial charge in [-0.3, -0.25) is 9.59 Å². The Morgan fingerprint density at radius 3 is 2.78 bits per heavy atom. The second kappa shape index (κ2) is 6.23. The van der Waals surface area contributed by atoms with Gasteiger partial charge in [0.2, 0.25) is 5.91 Å². The third-order valence-electron chi connectivity index (χ3n) is 3.88. The number of amides is 2. The van der Waals surface area contributed by atoms with Crippen molar-refractivity contribution < 1.29 is 9.59 Å². The maximum absolute atomic E-state index is 12.3. The summed E-state index contributed by atoms with van der Waals surface area (Å²) < 4.78 is 2.14. The van der Waals surface area contributed by atoms with Crippen molar-refractivity contribution in [2.24, 2.45) is 0 Å². The molecule has 1 aliphatic heterocycles. The van der Waals surface area contributed by atoms with E-state index in [9.17, 15) is 9.59 Å². The monoisotopic (exact) mass is 332 g/mol. The summed E-state index contributed by atoms with van der Waals surface area (Å²) in [5, 5.41) is 5.48. The van der Waals surface area contributed by atoms with E-state index in [-0.39, 0.29) is 23.2 Å². The summed E-state index contributed by atoms with van der Waals surface area (Å²) in [6.07, 6.45) is 0. The van der Waals surface area contributed by atoms with E-state index in [2.05, 4.69) is 34.0 Å². The molecular formula is C16H20N4O2S. The number of rotatable bonds is 4.